The van der Waals surface area contributed by atoms with Gasteiger partial charge in [0, 0.05) is 38.0 Å². The molecule has 0 aliphatic carbocycles. The second kappa shape index (κ2) is 11.7. The Morgan fingerprint density at radius 2 is 1.51 bits per heavy atom. The van der Waals surface area contributed by atoms with Crippen molar-refractivity contribution in [1.29, 1.82) is 0 Å². The maximum atomic E-state index is 13.7. The Morgan fingerprint density at radius 1 is 0.878 bits per heavy atom. The van der Waals surface area contributed by atoms with Crippen LogP contribution in [0.2, 0.25) is 5.02 Å². The monoisotopic (exact) mass is 568 g/mol. The number of hydrogen-bond donors (Lipinski definition) is 1. The zero-order chi connectivity index (χ0) is 29.1. The molecule has 0 saturated heterocycles. The van der Waals surface area contributed by atoms with Gasteiger partial charge in [0.05, 0.1) is 21.8 Å². The summed E-state index contributed by atoms with van der Waals surface area (Å²) in [4.78, 5) is 27.0. The van der Waals surface area contributed by atoms with E-state index in [1.807, 2.05) is 43.3 Å². The number of nitrogens with zero attached hydrogens (tertiary/aromatic N) is 3. The highest BCUT2D eigenvalue weighted by Crippen LogP contribution is 2.41. The third-order valence-electron chi connectivity index (χ3n) is 6.36. The van der Waals surface area contributed by atoms with Crippen LogP contribution in [0.15, 0.2) is 97.1 Å². The van der Waals surface area contributed by atoms with E-state index in [1.165, 1.54) is 23.7 Å². The van der Waals surface area contributed by atoms with Crippen LogP contribution in [0.4, 0.5) is 15.8 Å². The van der Waals surface area contributed by atoms with Crippen molar-refractivity contribution in [2.75, 3.05) is 24.3 Å². The third kappa shape index (κ3) is 5.97. The lowest BCUT2D eigenvalue weighted by Crippen LogP contribution is -2.12. The molecule has 1 amide bonds. The van der Waals surface area contributed by atoms with Crippen LogP contribution in [0.25, 0.3) is 28.1 Å². The Balaban J connectivity index is 1.61. The minimum Gasteiger partial charge on any atom is -0.407 e. The average Bonchev–Trinajstić information content (AvgIpc) is 3.32. The van der Waals surface area contributed by atoms with Crippen molar-refractivity contribution >= 4 is 34.9 Å². The zero-order valence-electron chi connectivity index (χ0n) is 22.6. The Labute approximate surface area is 241 Å². The van der Waals surface area contributed by atoms with Gasteiger partial charge in [0.25, 0.3) is 5.91 Å². The van der Waals surface area contributed by atoms with E-state index in [1.54, 1.807) is 60.7 Å². The lowest BCUT2D eigenvalue weighted by atomic mass is 10.0. The highest BCUT2D eigenvalue weighted by atomic mass is 35.5. The molecule has 4 aromatic carbocycles. The van der Waals surface area contributed by atoms with E-state index < -0.39 is 11.8 Å². The SMILES string of the molecule is CC(=O)Oc1c(-c2ccc(NC(=O)c3ccccc3Cl)cc2)c(-c2ccc(N(C)C)cc2)nn1-c1ccc(F)cc1. The van der Waals surface area contributed by atoms with Gasteiger partial charge in [-0.3, -0.25) is 9.59 Å². The molecular weight excluding hydrogens is 543 g/mol. The smallest absolute Gasteiger partial charge is 0.309 e. The first-order valence-corrected chi connectivity index (χ1v) is 13.1. The largest absolute Gasteiger partial charge is 0.407 e. The zero-order valence-corrected chi connectivity index (χ0v) is 23.3. The Bertz CT molecular complexity index is 1710. The van der Waals surface area contributed by atoms with Gasteiger partial charge in [-0.25, -0.2) is 4.39 Å². The molecule has 0 unspecified atom stereocenters. The van der Waals surface area contributed by atoms with Gasteiger partial charge in [-0.1, -0.05) is 48.0 Å². The van der Waals surface area contributed by atoms with E-state index in [0.29, 0.717) is 38.8 Å². The number of carbonyl (C=O) groups is 2. The molecule has 41 heavy (non-hydrogen) atoms. The standard InChI is InChI=1S/C32H26ClFN4O3/c1-20(39)41-32-29(21-8-14-24(15-9-21)35-31(40)27-6-4-5-7-28(27)33)30(22-10-16-25(17-11-22)37(2)3)36-38(32)26-18-12-23(34)13-19-26/h4-19H,1-3H3,(H,35,40). The Morgan fingerprint density at radius 3 is 2.12 bits per heavy atom. The molecule has 1 heterocycles. The van der Waals surface area contributed by atoms with Crippen LogP contribution in [-0.2, 0) is 4.79 Å². The fourth-order valence-electron chi connectivity index (χ4n) is 4.33. The predicted octanol–water partition coefficient (Wildman–Crippen LogP) is 7.24. The summed E-state index contributed by atoms with van der Waals surface area (Å²) in [6.45, 7) is 1.31. The number of hydrogen-bond acceptors (Lipinski definition) is 5. The highest BCUT2D eigenvalue weighted by Gasteiger charge is 2.25. The quantitative estimate of drug-likeness (QED) is 0.209. The van der Waals surface area contributed by atoms with Crippen LogP contribution in [0.1, 0.15) is 17.3 Å². The van der Waals surface area contributed by atoms with Gasteiger partial charge in [0.15, 0.2) is 0 Å². The molecule has 206 valence electrons. The molecule has 0 atom stereocenters. The number of esters is 1. The van der Waals surface area contributed by atoms with Crippen LogP contribution < -0.4 is 15.0 Å². The van der Waals surface area contributed by atoms with Crippen molar-refractivity contribution in [3.8, 4) is 34.0 Å². The van der Waals surface area contributed by atoms with Crippen molar-refractivity contribution in [3.05, 3.63) is 113 Å². The Hall–Kier alpha value is -4.95. The lowest BCUT2D eigenvalue weighted by molar-refractivity contribution is -0.132. The van der Waals surface area contributed by atoms with Gasteiger partial charge in [-0.2, -0.15) is 9.78 Å². The van der Waals surface area contributed by atoms with Crippen molar-refractivity contribution < 1.29 is 18.7 Å². The second-order valence-corrected chi connectivity index (χ2v) is 9.87. The van der Waals surface area contributed by atoms with Crippen LogP contribution in [0, 0.1) is 5.82 Å². The number of anilines is 2. The van der Waals surface area contributed by atoms with E-state index in [4.69, 9.17) is 21.4 Å². The molecule has 0 fully saturated rings. The number of carbonyl (C=O) groups excluding carboxylic acids is 2. The van der Waals surface area contributed by atoms with Gasteiger partial charge in [0.1, 0.15) is 11.5 Å². The lowest BCUT2D eigenvalue weighted by Gasteiger charge is -2.13. The summed E-state index contributed by atoms with van der Waals surface area (Å²) in [6.07, 6.45) is 0. The molecule has 9 heteroatoms. The minimum atomic E-state index is -0.535. The molecule has 0 radical (unpaired) electrons. The predicted molar refractivity (Wildman–Crippen MR) is 159 cm³/mol. The fourth-order valence-corrected chi connectivity index (χ4v) is 4.56. The molecule has 5 rings (SSSR count). The molecule has 0 saturated carbocycles. The van der Waals surface area contributed by atoms with Gasteiger partial charge in [0.2, 0.25) is 5.88 Å². The first kappa shape index (κ1) is 27.6. The second-order valence-electron chi connectivity index (χ2n) is 9.46. The summed E-state index contributed by atoms with van der Waals surface area (Å²) in [5.74, 6) is -1.09. The molecule has 1 N–H and O–H groups in total. The average molecular weight is 569 g/mol. The number of nitrogens with one attached hydrogen (secondary N) is 1. The molecular formula is C32H26ClFN4O3. The number of ether oxygens (including phenoxy) is 1. The minimum absolute atomic E-state index is 0.184. The number of amides is 1. The number of benzene rings is 4. The van der Waals surface area contributed by atoms with Crippen LogP contribution in [0.3, 0.4) is 0 Å². The van der Waals surface area contributed by atoms with Crippen molar-refractivity contribution in [2.24, 2.45) is 0 Å². The van der Waals surface area contributed by atoms with Gasteiger partial charge >= 0.3 is 5.97 Å². The number of halogens is 2. The van der Waals surface area contributed by atoms with Crippen LogP contribution in [-0.4, -0.2) is 35.8 Å². The maximum absolute atomic E-state index is 13.7. The molecule has 5 aromatic rings. The molecule has 0 bridgehead atoms. The van der Waals surface area contributed by atoms with Gasteiger partial charge in [-0.15, -0.1) is 0 Å². The van der Waals surface area contributed by atoms with E-state index >= 15 is 0 Å². The van der Waals surface area contributed by atoms with Crippen molar-refractivity contribution in [1.82, 2.24) is 9.78 Å². The van der Waals surface area contributed by atoms with Gasteiger partial charge < -0.3 is 15.0 Å². The maximum Gasteiger partial charge on any atom is 0.309 e. The number of aromatic nitrogens is 2. The van der Waals surface area contributed by atoms with Crippen molar-refractivity contribution in [2.45, 2.75) is 6.92 Å². The number of rotatable bonds is 7. The Kier molecular flexibility index (Phi) is 7.85. The summed E-state index contributed by atoms with van der Waals surface area (Å²) in [5.41, 5.74) is 5.04. The fraction of sp³-hybridized carbons (Fsp3) is 0.0938. The normalized spacial score (nSPS) is 10.8. The molecule has 1 aromatic heterocycles. The first-order valence-electron chi connectivity index (χ1n) is 12.7. The summed E-state index contributed by atoms with van der Waals surface area (Å²) < 4.78 is 20.9. The molecule has 7 nitrogen and oxygen atoms in total. The molecule has 0 aliphatic heterocycles. The topological polar surface area (TPSA) is 76.5 Å². The summed E-state index contributed by atoms with van der Waals surface area (Å²) in [6, 6.07) is 27.5. The van der Waals surface area contributed by atoms with E-state index in [-0.39, 0.29) is 11.8 Å². The molecule has 0 spiro atoms. The van der Waals surface area contributed by atoms with Gasteiger partial charge in [-0.05, 0) is 66.2 Å². The summed E-state index contributed by atoms with van der Waals surface area (Å²) >= 11 is 6.18. The van der Waals surface area contributed by atoms with Crippen molar-refractivity contribution in [3.63, 3.8) is 0 Å². The highest BCUT2D eigenvalue weighted by molar-refractivity contribution is 6.34. The van der Waals surface area contributed by atoms with E-state index in [2.05, 4.69) is 5.32 Å². The molecule has 0 aliphatic rings. The van der Waals surface area contributed by atoms with E-state index in [0.717, 1.165) is 11.3 Å². The van der Waals surface area contributed by atoms with E-state index in [9.17, 15) is 14.0 Å². The first-order chi connectivity index (χ1) is 19.7. The summed E-state index contributed by atoms with van der Waals surface area (Å²) in [7, 11) is 3.91. The van der Waals surface area contributed by atoms with Crippen LogP contribution in [0.5, 0.6) is 5.88 Å². The van der Waals surface area contributed by atoms with Crippen LogP contribution >= 0.6 is 11.6 Å². The summed E-state index contributed by atoms with van der Waals surface area (Å²) in [5, 5.41) is 8.03. The third-order valence-corrected chi connectivity index (χ3v) is 6.69.